The smallest absolute Gasteiger partial charge is 0.324 e. The van der Waals surface area contributed by atoms with Crippen molar-refractivity contribution >= 4 is 22.0 Å². The Balaban J connectivity index is 1.62. The van der Waals surface area contributed by atoms with Gasteiger partial charge in [0.2, 0.25) is 10.0 Å². The van der Waals surface area contributed by atoms with Crippen LogP contribution in [0.25, 0.3) is 0 Å². The van der Waals surface area contributed by atoms with Crippen molar-refractivity contribution in [1.82, 2.24) is 14.5 Å². The van der Waals surface area contributed by atoms with Gasteiger partial charge in [0.05, 0.1) is 31.1 Å². The van der Waals surface area contributed by atoms with Crippen LogP contribution in [-0.4, -0.2) is 74.9 Å². The minimum Gasteiger partial charge on any atom is -0.336 e. The lowest BCUT2D eigenvalue weighted by molar-refractivity contribution is -0.917. The molecule has 2 N–H and O–H groups in total. The molecule has 0 spiro atoms. The second-order valence-electron chi connectivity index (χ2n) is 6.82. The topological polar surface area (TPSA) is 91.2 Å². The molecule has 142 valence electrons. The average molecular weight is 381 g/mol. The van der Waals surface area contributed by atoms with E-state index in [9.17, 15) is 18.0 Å². The summed E-state index contributed by atoms with van der Waals surface area (Å²) in [6, 6.07) is 6.11. The average Bonchev–Trinajstić information content (AvgIpc) is 3.07. The fourth-order valence-corrected chi connectivity index (χ4v) is 4.84. The molecule has 0 unspecified atom stereocenters. The Morgan fingerprint density at radius 1 is 1.15 bits per heavy atom. The number of hydrogen-bond donors (Lipinski definition) is 2. The van der Waals surface area contributed by atoms with E-state index in [0.29, 0.717) is 44.2 Å². The summed E-state index contributed by atoms with van der Waals surface area (Å²) in [7, 11) is -3.51. The largest absolute Gasteiger partial charge is 0.336 e. The fourth-order valence-electron chi connectivity index (χ4n) is 3.40. The van der Waals surface area contributed by atoms with Crippen LogP contribution in [0.15, 0.2) is 29.2 Å². The van der Waals surface area contributed by atoms with E-state index in [1.165, 1.54) is 9.21 Å². The number of benzene rings is 1. The second kappa shape index (κ2) is 7.34. The Morgan fingerprint density at radius 2 is 1.77 bits per heavy atom. The predicted molar refractivity (Wildman–Crippen MR) is 95.2 cm³/mol. The number of carbonyl (C=O) groups is 2. The highest BCUT2D eigenvalue weighted by Crippen LogP contribution is 2.16. The molecule has 26 heavy (non-hydrogen) atoms. The Kier molecular flexibility index (Phi) is 5.31. The third kappa shape index (κ3) is 3.60. The summed E-state index contributed by atoms with van der Waals surface area (Å²) in [6.45, 7) is 6.37. The number of sulfonamides is 1. The molecule has 2 aliphatic rings. The molecule has 2 heterocycles. The number of quaternary nitrogens is 1. The number of amides is 3. The van der Waals surface area contributed by atoms with Crippen molar-refractivity contribution in [3.63, 3.8) is 0 Å². The quantitative estimate of drug-likeness (QED) is 0.687. The summed E-state index contributed by atoms with van der Waals surface area (Å²) >= 11 is 0. The number of hydrogen-bond acceptors (Lipinski definition) is 4. The van der Waals surface area contributed by atoms with Crippen molar-refractivity contribution in [2.75, 3.05) is 39.3 Å². The number of nitrogens with zero attached hydrogens (tertiary/aromatic N) is 2. The van der Waals surface area contributed by atoms with Gasteiger partial charge in [-0.2, -0.15) is 4.31 Å². The van der Waals surface area contributed by atoms with E-state index in [2.05, 4.69) is 5.32 Å². The predicted octanol–water partition coefficient (Wildman–Crippen LogP) is -1.18. The number of rotatable bonds is 4. The van der Waals surface area contributed by atoms with Crippen LogP contribution < -0.4 is 10.2 Å². The third-order valence-corrected chi connectivity index (χ3v) is 7.04. The minimum atomic E-state index is -3.51. The van der Waals surface area contributed by atoms with Crippen LogP contribution in [-0.2, 0) is 14.8 Å². The van der Waals surface area contributed by atoms with Crippen LogP contribution in [0.4, 0.5) is 4.79 Å². The van der Waals surface area contributed by atoms with Crippen LogP contribution in [0.3, 0.4) is 0 Å². The van der Waals surface area contributed by atoms with Crippen molar-refractivity contribution in [2.24, 2.45) is 0 Å². The van der Waals surface area contributed by atoms with Crippen molar-refractivity contribution < 1.29 is 22.9 Å². The first kappa shape index (κ1) is 18.8. The van der Waals surface area contributed by atoms with Gasteiger partial charge in [0.25, 0.3) is 5.91 Å². The van der Waals surface area contributed by atoms with Crippen molar-refractivity contribution in [1.29, 1.82) is 0 Å². The zero-order chi connectivity index (χ0) is 18.9. The van der Waals surface area contributed by atoms with E-state index in [1.54, 1.807) is 31.2 Å². The number of imide groups is 1. The summed E-state index contributed by atoms with van der Waals surface area (Å²) < 4.78 is 27.0. The van der Waals surface area contributed by atoms with Crippen molar-refractivity contribution in [3.05, 3.63) is 29.8 Å². The number of nitrogens with one attached hydrogen (secondary N) is 2. The Morgan fingerprint density at radius 3 is 2.31 bits per heavy atom. The van der Waals surface area contributed by atoms with Gasteiger partial charge in [0.1, 0.15) is 0 Å². The SMILES string of the molecule is Cc1ccc(S(=O)(=O)N2CC[NH+]([C@H](C)C(=O)N3CCNC3=O)CC2)cc1. The van der Waals surface area contributed by atoms with E-state index in [0.717, 1.165) is 10.5 Å². The van der Waals surface area contributed by atoms with E-state index in [-0.39, 0.29) is 18.0 Å². The van der Waals surface area contributed by atoms with E-state index < -0.39 is 10.0 Å². The summed E-state index contributed by atoms with van der Waals surface area (Å²) in [6.07, 6.45) is 0. The maximum atomic E-state index is 12.7. The molecule has 3 amide bonds. The molecule has 2 fully saturated rings. The summed E-state index contributed by atoms with van der Waals surface area (Å²) in [5.74, 6) is -0.204. The molecule has 2 saturated heterocycles. The molecule has 1 aromatic carbocycles. The second-order valence-corrected chi connectivity index (χ2v) is 8.76. The van der Waals surface area contributed by atoms with Gasteiger partial charge in [0.15, 0.2) is 6.04 Å². The maximum Gasteiger partial charge on any atom is 0.324 e. The van der Waals surface area contributed by atoms with Crippen molar-refractivity contribution in [3.8, 4) is 0 Å². The molecule has 0 bridgehead atoms. The molecule has 1 aromatic rings. The van der Waals surface area contributed by atoms with Crippen LogP contribution in [0.1, 0.15) is 12.5 Å². The maximum absolute atomic E-state index is 12.7. The molecule has 0 radical (unpaired) electrons. The molecule has 3 rings (SSSR count). The molecule has 9 heteroatoms. The summed E-state index contributed by atoms with van der Waals surface area (Å²) in [4.78, 5) is 26.7. The van der Waals surface area contributed by atoms with Gasteiger partial charge in [-0.1, -0.05) is 17.7 Å². The number of carbonyl (C=O) groups excluding carboxylic acids is 2. The van der Waals surface area contributed by atoms with Gasteiger partial charge < -0.3 is 10.2 Å². The lowest BCUT2D eigenvalue weighted by Crippen LogP contribution is -3.19. The highest BCUT2D eigenvalue weighted by atomic mass is 32.2. The van der Waals surface area contributed by atoms with Crippen LogP contribution >= 0.6 is 0 Å². The minimum absolute atomic E-state index is 0.204. The van der Waals surface area contributed by atoms with Gasteiger partial charge >= 0.3 is 6.03 Å². The monoisotopic (exact) mass is 381 g/mol. The lowest BCUT2D eigenvalue weighted by Gasteiger charge is -2.34. The summed E-state index contributed by atoms with van der Waals surface area (Å²) in [5.41, 5.74) is 1.01. The summed E-state index contributed by atoms with van der Waals surface area (Å²) in [5, 5.41) is 2.63. The first-order valence-corrected chi connectivity index (χ1v) is 10.3. The number of piperazine rings is 1. The third-order valence-electron chi connectivity index (χ3n) is 5.13. The zero-order valence-corrected chi connectivity index (χ0v) is 15.9. The number of aryl methyl sites for hydroxylation is 1. The van der Waals surface area contributed by atoms with E-state index >= 15 is 0 Å². The Labute approximate surface area is 153 Å². The first-order chi connectivity index (χ1) is 12.3. The van der Waals surface area contributed by atoms with Gasteiger partial charge in [-0.15, -0.1) is 0 Å². The van der Waals surface area contributed by atoms with E-state index in [4.69, 9.17) is 0 Å². The zero-order valence-electron chi connectivity index (χ0n) is 15.1. The molecule has 2 aliphatic heterocycles. The molecule has 8 nitrogen and oxygen atoms in total. The lowest BCUT2D eigenvalue weighted by atomic mass is 10.2. The molecule has 0 aliphatic carbocycles. The fraction of sp³-hybridized carbons (Fsp3) is 0.529. The highest BCUT2D eigenvalue weighted by Gasteiger charge is 2.38. The Bertz CT molecular complexity index is 785. The van der Waals surface area contributed by atoms with Gasteiger partial charge in [-0.05, 0) is 26.0 Å². The molecule has 0 aromatic heterocycles. The van der Waals surface area contributed by atoms with Crippen LogP contribution in [0.2, 0.25) is 0 Å². The van der Waals surface area contributed by atoms with Gasteiger partial charge in [-0.3, -0.25) is 9.69 Å². The molecule has 1 atom stereocenters. The number of urea groups is 1. The van der Waals surface area contributed by atoms with Gasteiger partial charge in [-0.25, -0.2) is 13.2 Å². The van der Waals surface area contributed by atoms with Gasteiger partial charge in [0, 0.05) is 13.1 Å². The van der Waals surface area contributed by atoms with E-state index in [1.807, 2.05) is 6.92 Å². The highest BCUT2D eigenvalue weighted by molar-refractivity contribution is 7.89. The Hall–Kier alpha value is -1.97. The molecular weight excluding hydrogens is 356 g/mol. The van der Waals surface area contributed by atoms with Crippen LogP contribution in [0.5, 0.6) is 0 Å². The molecular formula is C17H25N4O4S+. The molecule has 0 saturated carbocycles. The standard InChI is InChI=1S/C17H24N4O4S/c1-13-3-5-15(6-4-13)26(24,25)20-11-9-19(10-12-20)14(2)16(22)21-8-7-18-17(21)23/h3-6,14H,7-12H2,1-2H3,(H,18,23)/p+1/t14-/m1/s1. The van der Waals surface area contributed by atoms with Crippen molar-refractivity contribution in [2.45, 2.75) is 24.8 Å². The first-order valence-electron chi connectivity index (χ1n) is 8.81. The normalized spacial score (nSPS) is 20.8. The van der Waals surface area contributed by atoms with Crippen LogP contribution in [0, 0.1) is 6.92 Å².